The Morgan fingerprint density at radius 1 is 1.53 bits per heavy atom. The largest absolute Gasteiger partial charge is 0.299 e. The molecule has 94 valence electrons. The van der Waals surface area contributed by atoms with Crippen molar-refractivity contribution in [3.05, 3.63) is 18.0 Å². The molecule has 0 spiro atoms. The molecule has 1 aromatic heterocycles. The maximum atomic E-state index is 11.7. The quantitative estimate of drug-likeness (QED) is 0.780. The predicted octanol–water partition coefficient (Wildman–Crippen LogP) is 2.60. The summed E-state index contributed by atoms with van der Waals surface area (Å²) in [6, 6.07) is 0. The SMILES string of the molecule is Cn1cc(CCC(=O)CSC2CCCC2)cn1. The van der Waals surface area contributed by atoms with Gasteiger partial charge in [-0.3, -0.25) is 9.48 Å². The van der Waals surface area contributed by atoms with Crippen LogP contribution in [0.1, 0.15) is 37.7 Å². The molecule has 17 heavy (non-hydrogen) atoms. The molecule has 1 fully saturated rings. The summed E-state index contributed by atoms with van der Waals surface area (Å²) in [5, 5.41) is 4.85. The standard InChI is InChI=1S/C13H20N2OS/c1-15-9-11(8-14-15)6-7-12(16)10-17-13-4-2-3-5-13/h8-9,13H,2-7,10H2,1H3. The van der Waals surface area contributed by atoms with Crippen LogP contribution in [0.25, 0.3) is 0 Å². The maximum Gasteiger partial charge on any atom is 0.143 e. The molecule has 0 unspecified atom stereocenters. The van der Waals surface area contributed by atoms with Crippen molar-refractivity contribution in [2.75, 3.05) is 5.75 Å². The fourth-order valence-electron chi connectivity index (χ4n) is 2.22. The zero-order valence-electron chi connectivity index (χ0n) is 10.4. The molecule has 1 aliphatic rings. The van der Waals surface area contributed by atoms with E-state index in [1.165, 1.54) is 25.7 Å². The molecular weight excluding hydrogens is 232 g/mol. The lowest BCUT2D eigenvalue weighted by Gasteiger charge is -2.07. The lowest BCUT2D eigenvalue weighted by Crippen LogP contribution is -2.06. The van der Waals surface area contributed by atoms with Gasteiger partial charge in [0.2, 0.25) is 0 Å². The van der Waals surface area contributed by atoms with E-state index in [0.29, 0.717) is 18.0 Å². The number of Topliss-reactive ketones (excluding diaryl/α,β-unsaturated/α-hetero) is 1. The van der Waals surface area contributed by atoms with E-state index in [9.17, 15) is 4.79 Å². The Hall–Kier alpha value is -0.770. The van der Waals surface area contributed by atoms with E-state index in [0.717, 1.165) is 17.2 Å². The van der Waals surface area contributed by atoms with Crippen molar-refractivity contribution in [3.63, 3.8) is 0 Å². The third-order valence-electron chi connectivity index (χ3n) is 3.23. The summed E-state index contributed by atoms with van der Waals surface area (Å²) in [5.41, 5.74) is 1.16. The molecule has 0 N–H and O–H groups in total. The van der Waals surface area contributed by atoms with Gasteiger partial charge >= 0.3 is 0 Å². The monoisotopic (exact) mass is 252 g/mol. The van der Waals surface area contributed by atoms with Crippen molar-refractivity contribution in [1.29, 1.82) is 0 Å². The van der Waals surface area contributed by atoms with Gasteiger partial charge in [0.1, 0.15) is 5.78 Å². The molecule has 1 heterocycles. The van der Waals surface area contributed by atoms with Gasteiger partial charge in [0, 0.05) is 24.9 Å². The minimum absolute atomic E-state index is 0.380. The summed E-state index contributed by atoms with van der Waals surface area (Å²) >= 11 is 1.86. The minimum Gasteiger partial charge on any atom is -0.299 e. The van der Waals surface area contributed by atoms with Crippen molar-refractivity contribution in [2.45, 2.75) is 43.8 Å². The summed E-state index contributed by atoms with van der Waals surface area (Å²) in [6.07, 6.45) is 10.6. The van der Waals surface area contributed by atoms with Crippen LogP contribution in [-0.2, 0) is 18.3 Å². The number of carbonyl (C=O) groups excluding carboxylic acids is 1. The highest BCUT2D eigenvalue weighted by Crippen LogP contribution is 2.29. The van der Waals surface area contributed by atoms with Gasteiger partial charge in [-0.25, -0.2) is 0 Å². The van der Waals surface area contributed by atoms with Crippen LogP contribution in [0.3, 0.4) is 0 Å². The number of hydrogen-bond acceptors (Lipinski definition) is 3. The Labute approximate surface area is 107 Å². The Bertz CT molecular complexity index is 369. The van der Waals surface area contributed by atoms with Crippen LogP contribution < -0.4 is 0 Å². The highest BCUT2D eigenvalue weighted by Gasteiger charge is 2.16. The van der Waals surface area contributed by atoms with Crippen LogP contribution in [0.4, 0.5) is 0 Å². The van der Waals surface area contributed by atoms with E-state index in [-0.39, 0.29) is 0 Å². The Kier molecular flexibility index (Phi) is 4.66. The first kappa shape index (κ1) is 12.7. The molecular formula is C13H20N2OS. The molecule has 0 bridgehead atoms. The Morgan fingerprint density at radius 2 is 2.29 bits per heavy atom. The van der Waals surface area contributed by atoms with Crippen molar-refractivity contribution < 1.29 is 4.79 Å². The number of nitrogens with zero attached hydrogens (tertiary/aromatic N) is 2. The Morgan fingerprint density at radius 3 is 2.94 bits per heavy atom. The molecule has 0 amide bonds. The second-order valence-electron chi connectivity index (χ2n) is 4.78. The summed E-state index contributed by atoms with van der Waals surface area (Å²) in [5.74, 6) is 1.08. The fourth-order valence-corrected chi connectivity index (χ4v) is 3.46. The van der Waals surface area contributed by atoms with Gasteiger partial charge in [0.05, 0.1) is 11.9 Å². The van der Waals surface area contributed by atoms with E-state index in [2.05, 4.69) is 5.10 Å². The number of carbonyl (C=O) groups is 1. The average molecular weight is 252 g/mol. The maximum absolute atomic E-state index is 11.7. The number of ketones is 1. The molecule has 0 aliphatic heterocycles. The normalized spacial score (nSPS) is 16.5. The van der Waals surface area contributed by atoms with Gasteiger partial charge in [-0.15, -0.1) is 0 Å². The number of rotatable bonds is 6. The first-order valence-electron chi connectivity index (χ1n) is 6.35. The van der Waals surface area contributed by atoms with Crippen LogP contribution in [0.15, 0.2) is 12.4 Å². The van der Waals surface area contributed by atoms with Gasteiger partial charge < -0.3 is 0 Å². The summed E-state index contributed by atoms with van der Waals surface area (Å²) < 4.78 is 1.78. The van der Waals surface area contributed by atoms with Gasteiger partial charge in [0.25, 0.3) is 0 Å². The summed E-state index contributed by atoms with van der Waals surface area (Å²) in [6.45, 7) is 0. The molecule has 0 aromatic carbocycles. The topological polar surface area (TPSA) is 34.9 Å². The molecule has 1 aromatic rings. The van der Waals surface area contributed by atoms with E-state index in [1.54, 1.807) is 4.68 Å². The highest BCUT2D eigenvalue weighted by atomic mass is 32.2. The van der Waals surface area contributed by atoms with Crippen molar-refractivity contribution in [2.24, 2.45) is 7.05 Å². The lowest BCUT2D eigenvalue weighted by molar-refractivity contribution is -0.116. The van der Waals surface area contributed by atoms with Crippen LogP contribution in [-0.4, -0.2) is 26.6 Å². The average Bonchev–Trinajstić information content (AvgIpc) is 2.95. The molecule has 4 heteroatoms. The first-order valence-corrected chi connectivity index (χ1v) is 7.40. The summed E-state index contributed by atoms with van der Waals surface area (Å²) in [4.78, 5) is 11.7. The van der Waals surface area contributed by atoms with Gasteiger partial charge in [-0.05, 0) is 24.8 Å². The fraction of sp³-hybridized carbons (Fsp3) is 0.692. The van der Waals surface area contributed by atoms with Crippen molar-refractivity contribution >= 4 is 17.5 Å². The molecule has 0 atom stereocenters. The van der Waals surface area contributed by atoms with Crippen LogP contribution in [0.2, 0.25) is 0 Å². The zero-order chi connectivity index (χ0) is 12.1. The third kappa shape index (κ3) is 4.19. The number of aryl methyl sites for hydroxylation is 2. The zero-order valence-corrected chi connectivity index (χ0v) is 11.2. The van der Waals surface area contributed by atoms with E-state index in [4.69, 9.17) is 0 Å². The minimum atomic E-state index is 0.380. The lowest BCUT2D eigenvalue weighted by atomic mass is 10.1. The van der Waals surface area contributed by atoms with Crippen molar-refractivity contribution in [1.82, 2.24) is 9.78 Å². The number of aromatic nitrogens is 2. The van der Waals surface area contributed by atoms with Gasteiger partial charge in [-0.1, -0.05) is 12.8 Å². The molecule has 1 aliphatic carbocycles. The number of thioether (sulfide) groups is 1. The second kappa shape index (κ2) is 6.24. The van der Waals surface area contributed by atoms with E-state index >= 15 is 0 Å². The van der Waals surface area contributed by atoms with Crippen LogP contribution in [0.5, 0.6) is 0 Å². The Balaban J connectivity index is 1.63. The first-order chi connectivity index (χ1) is 8.24. The molecule has 2 rings (SSSR count). The molecule has 3 nitrogen and oxygen atoms in total. The predicted molar refractivity (Wildman–Crippen MR) is 71.3 cm³/mol. The van der Waals surface area contributed by atoms with Crippen molar-refractivity contribution in [3.8, 4) is 0 Å². The van der Waals surface area contributed by atoms with Gasteiger partial charge in [0.15, 0.2) is 0 Å². The van der Waals surface area contributed by atoms with Crippen LogP contribution >= 0.6 is 11.8 Å². The summed E-state index contributed by atoms with van der Waals surface area (Å²) in [7, 11) is 1.90. The smallest absolute Gasteiger partial charge is 0.143 e. The molecule has 1 saturated carbocycles. The third-order valence-corrected chi connectivity index (χ3v) is 4.66. The second-order valence-corrected chi connectivity index (χ2v) is 6.07. The van der Waals surface area contributed by atoms with Gasteiger partial charge in [-0.2, -0.15) is 16.9 Å². The van der Waals surface area contributed by atoms with E-state index < -0.39 is 0 Å². The van der Waals surface area contributed by atoms with E-state index in [1.807, 2.05) is 31.2 Å². The molecule has 0 saturated heterocycles. The number of hydrogen-bond donors (Lipinski definition) is 0. The molecule has 0 radical (unpaired) electrons. The van der Waals surface area contributed by atoms with Crippen LogP contribution in [0, 0.1) is 0 Å². The highest BCUT2D eigenvalue weighted by molar-refractivity contribution is 8.00.